The number of pyridine rings is 1. The van der Waals surface area contributed by atoms with Gasteiger partial charge in [0.05, 0.1) is 10.3 Å². The van der Waals surface area contributed by atoms with Crippen LogP contribution in [0.5, 0.6) is 0 Å². The van der Waals surface area contributed by atoms with Gasteiger partial charge >= 0.3 is 21.1 Å². The molecule has 0 unspecified atom stereocenters. The molecule has 0 saturated heterocycles. The molecule has 0 spiro atoms. The van der Waals surface area contributed by atoms with E-state index in [-0.39, 0.29) is 53.0 Å². The van der Waals surface area contributed by atoms with Crippen molar-refractivity contribution in [1.82, 2.24) is 9.55 Å². The molecule has 4 aromatic carbocycles. The van der Waals surface area contributed by atoms with E-state index in [9.17, 15) is 0 Å². The first-order valence-corrected chi connectivity index (χ1v) is 20.7. The molecule has 3 heterocycles. The van der Waals surface area contributed by atoms with Gasteiger partial charge in [-0.3, -0.25) is 0 Å². The summed E-state index contributed by atoms with van der Waals surface area (Å²) in [6, 6.07) is 32.7. The molecule has 6 aromatic rings. The minimum absolute atomic E-state index is 0. The molecule has 1 aliphatic carbocycles. The first-order valence-electron chi connectivity index (χ1n) is 19.9. The standard InChI is InChI=1S/C51H57N3S.Pt/c1-30-24-31(2)42(54-41-19-17-16-18-35(41)36-21-20-32(25-43(36)54)40-28-33(22-23-52-40)46(3,4)5)29-37(30)45-53-51(15)49(12,13)44-38(48(9,10)11)26-34(47(6,7)8)27-39(44)50(51,14)55-45;/h16-24,26-28H,1-15H3;/q-2;+2/t50-,51+;/m0./s1. The van der Waals surface area contributed by atoms with Crippen LogP contribution in [0.2, 0.25) is 0 Å². The Hall–Kier alpha value is -3.46. The average Bonchev–Trinajstić information content (AvgIpc) is 3.62. The fourth-order valence-corrected chi connectivity index (χ4v) is 11.0. The molecule has 1 aliphatic heterocycles. The van der Waals surface area contributed by atoms with Crippen LogP contribution >= 0.6 is 11.8 Å². The van der Waals surface area contributed by atoms with Crippen LogP contribution in [0, 0.1) is 26.0 Å². The van der Waals surface area contributed by atoms with Crippen molar-refractivity contribution in [3.8, 4) is 16.9 Å². The second kappa shape index (κ2) is 13.0. The Bertz CT molecular complexity index is 2600. The molecule has 0 N–H and O–H groups in total. The normalized spacial score (nSPS) is 20.6. The summed E-state index contributed by atoms with van der Waals surface area (Å²) in [5.41, 5.74) is 15.1. The molecule has 5 heteroatoms. The van der Waals surface area contributed by atoms with Gasteiger partial charge in [0, 0.05) is 22.2 Å². The molecular weight excluding hydrogens is 882 g/mol. The van der Waals surface area contributed by atoms with Crippen molar-refractivity contribution < 1.29 is 21.1 Å². The number of nitrogens with zero attached hydrogens (tertiary/aromatic N) is 3. The first-order chi connectivity index (χ1) is 25.5. The van der Waals surface area contributed by atoms with Crippen molar-refractivity contribution in [3.63, 3.8) is 0 Å². The number of thioether (sulfide) groups is 1. The second-order valence-electron chi connectivity index (χ2n) is 20.2. The quantitative estimate of drug-likeness (QED) is 0.166. The van der Waals surface area contributed by atoms with Gasteiger partial charge in [0.2, 0.25) is 0 Å². The zero-order valence-corrected chi connectivity index (χ0v) is 39.1. The Morgan fingerprint density at radius 2 is 1.38 bits per heavy atom. The predicted molar refractivity (Wildman–Crippen MR) is 237 cm³/mol. The molecule has 2 aliphatic rings. The van der Waals surface area contributed by atoms with Crippen LogP contribution in [0.25, 0.3) is 38.8 Å². The molecule has 0 radical (unpaired) electrons. The number of aryl methyl sites for hydroxylation is 2. The van der Waals surface area contributed by atoms with Crippen molar-refractivity contribution in [2.24, 2.45) is 4.99 Å². The van der Waals surface area contributed by atoms with Gasteiger partial charge in [0.25, 0.3) is 0 Å². The molecule has 2 aromatic heterocycles. The fraction of sp³-hybridized carbons (Fsp3) is 0.412. The zero-order valence-electron chi connectivity index (χ0n) is 36.0. The van der Waals surface area contributed by atoms with Crippen LogP contribution in [-0.4, -0.2) is 20.1 Å². The Labute approximate surface area is 354 Å². The third-order valence-corrected chi connectivity index (χ3v) is 14.6. The van der Waals surface area contributed by atoms with Crippen molar-refractivity contribution in [3.05, 3.63) is 130 Å². The van der Waals surface area contributed by atoms with Crippen LogP contribution in [0.4, 0.5) is 0 Å². The number of fused-ring (bicyclic) bond motifs is 6. The molecule has 56 heavy (non-hydrogen) atoms. The van der Waals surface area contributed by atoms with Crippen molar-refractivity contribution in [1.29, 1.82) is 0 Å². The van der Waals surface area contributed by atoms with E-state index >= 15 is 0 Å². The molecule has 0 amide bonds. The SMILES string of the molecule is Cc1cc(C)c(-n2c3[c-]c(-c4cc(C(C)(C)C)ccn4)ccc3c3ccccc32)[c-]c1C1=N[C@]2(C)C(C)(C)c3c(C(C)(C)C)cc(C(C)(C)C)cc3[C@]2(C)S1.[Pt+2]. The second-order valence-corrected chi connectivity index (χ2v) is 21.6. The van der Waals surface area contributed by atoms with Crippen molar-refractivity contribution >= 4 is 38.6 Å². The van der Waals surface area contributed by atoms with Crippen LogP contribution < -0.4 is 0 Å². The van der Waals surface area contributed by atoms with Gasteiger partial charge in [-0.25, -0.2) is 0 Å². The van der Waals surface area contributed by atoms with Gasteiger partial charge in [-0.15, -0.1) is 64.3 Å². The summed E-state index contributed by atoms with van der Waals surface area (Å²) in [7, 11) is 0. The van der Waals surface area contributed by atoms with Crippen molar-refractivity contribution in [2.45, 2.75) is 136 Å². The number of hydrogen-bond donors (Lipinski definition) is 0. The zero-order chi connectivity index (χ0) is 39.8. The van der Waals surface area contributed by atoms with E-state index in [1.807, 2.05) is 18.0 Å². The summed E-state index contributed by atoms with van der Waals surface area (Å²) >= 11 is 1.95. The molecule has 292 valence electrons. The Morgan fingerprint density at radius 3 is 2.04 bits per heavy atom. The summed E-state index contributed by atoms with van der Waals surface area (Å²) in [4.78, 5) is 10.7. The smallest absolute Gasteiger partial charge is 0.346 e. The summed E-state index contributed by atoms with van der Waals surface area (Å²) in [6.45, 7) is 35.0. The number of benzene rings is 4. The van der Waals surface area contributed by atoms with E-state index in [0.717, 1.165) is 38.6 Å². The molecule has 3 nitrogen and oxygen atoms in total. The maximum Gasteiger partial charge on any atom is 2.00 e. The van der Waals surface area contributed by atoms with Gasteiger partial charge in [0.15, 0.2) is 0 Å². The predicted octanol–water partition coefficient (Wildman–Crippen LogP) is 13.4. The number of para-hydroxylation sites is 1. The summed E-state index contributed by atoms with van der Waals surface area (Å²) in [5, 5.41) is 3.46. The number of aromatic nitrogens is 2. The minimum Gasteiger partial charge on any atom is -0.346 e. The minimum atomic E-state index is -0.367. The van der Waals surface area contributed by atoms with E-state index in [2.05, 4.69) is 187 Å². The van der Waals surface area contributed by atoms with Crippen LogP contribution in [0.15, 0.2) is 77.9 Å². The van der Waals surface area contributed by atoms with Crippen LogP contribution in [0.1, 0.15) is 135 Å². The van der Waals surface area contributed by atoms with E-state index in [4.69, 9.17) is 9.98 Å². The number of hydrogen-bond acceptors (Lipinski definition) is 3. The number of aliphatic imine (C=N–C) groups is 1. The molecule has 2 atom stereocenters. The van der Waals surface area contributed by atoms with Gasteiger partial charge in [-0.05, 0) is 92.3 Å². The molecular formula is C51H57N3PtS. The maximum absolute atomic E-state index is 5.85. The molecule has 0 bridgehead atoms. The Morgan fingerprint density at radius 1 is 0.696 bits per heavy atom. The fourth-order valence-electron chi connectivity index (χ4n) is 9.30. The summed E-state index contributed by atoms with van der Waals surface area (Å²) in [6.07, 6.45) is 1.93. The Balaban J connectivity index is 0.00000480. The van der Waals surface area contributed by atoms with Crippen LogP contribution in [-0.2, 0) is 47.5 Å². The monoisotopic (exact) mass is 938 g/mol. The first kappa shape index (κ1) is 40.7. The van der Waals surface area contributed by atoms with E-state index < -0.39 is 0 Å². The van der Waals surface area contributed by atoms with Crippen LogP contribution in [0.3, 0.4) is 0 Å². The van der Waals surface area contributed by atoms with Gasteiger partial charge in [-0.2, -0.15) is 0 Å². The third kappa shape index (κ3) is 5.94. The van der Waals surface area contributed by atoms with E-state index in [1.165, 1.54) is 49.7 Å². The Kier molecular flexibility index (Phi) is 9.47. The molecule has 0 saturated carbocycles. The third-order valence-electron chi connectivity index (χ3n) is 13.1. The topological polar surface area (TPSA) is 30.2 Å². The van der Waals surface area contributed by atoms with Gasteiger partial charge < -0.3 is 14.5 Å². The summed E-state index contributed by atoms with van der Waals surface area (Å²) in [5.74, 6) is 0. The van der Waals surface area contributed by atoms with E-state index in [1.54, 1.807) is 0 Å². The summed E-state index contributed by atoms with van der Waals surface area (Å²) < 4.78 is 2.12. The molecule has 0 fully saturated rings. The van der Waals surface area contributed by atoms with E-state index in [0.29, 0.717) is 0 Å². The molecule has 8 rings (SSSR count). The van der Waals surface area contributed by atoms with Gasteiger partial charge in [-0.1, -0.05) is 132 Å². The maximum atomic E-state index is 5.85. The van der Waals surface area contributed by atoms with Crippen molar-refractivity contribution in [2.75, 3.05) is 0 Å². The number of rotatable bonds is 3. The average molecular weight is 939 g/mol. The van der Waals surface area contributed by atoms with Gasteiger partial charge in [0.1, 0.15) is 0 Å². The largest absolute Gasteiger partial charge is 2.00 e.